The Morgan fingerprint density at radius 1 is 1.48 bits per heavy atom. The second-order valence-electron chi connectivity index (χ2n) is 4.64. The Labute approximate surface area is 124 Å². The fraction of sp³-hybridized carbons (Fsp3) is 0.214. The number of carbonyl (C=O) groups is 1. The molecule has 0 spiro atoms. The van der Waals surface area contributed by atoms with Crippen molar-refractivity contribution in [2.75, 3.05) is 11.4 Å². The SMILES string of the molecule is CC#CC1CNC(=O)N1c1nc2c(ccc3nccn32)s1. The molecule has 6 nitrogen and oxygen atoms in total. The van der Waals surface area contributed by atoms with Crippen LogP contribution in [-0.4, -0.2) is 33.0 Å². The van der Waals surface area contributed by atoms with E-state index in [0.717, 1.165) is 16.0 Å². The number of fused-ring (bicyclic) bond motifs is 3. The Morgan fingerprint density at radius 2 is 2.38 bits per heavy atom. The number of nitrogens with zero attached hydrogens (tertiary/aromatic N) is 4. The maximum Gasteiger partial charge on any atom is 0.324 e. The van der Waals surface area contributed by atoms with Gasteiger partial charge in [-0.2, -0.15) is 0 Å². The minimum atomic E-state index is -0.165. The molecule has 0 radical (unpaired) electrons. The molecule has 1 saturated heterocycles. The average molecular weight is 297 g/mol. The topological polar surface area (TPSA) is 62.5 Å². The molecule has 2 amide bonds. The summed E-state index contributed by atoms with van der Waals surface area (Å²) in [5.41, 5.74) is 1.66. The first-order valence-corrected chi connectivity index (χ1v) is 7.31. The highest BCUT2D eigenvalue weighted by Crippen LogP contribution is 2.31. The van der Waals surface area contributed by atoms with Gasteiger partial charge in [0.15, 0.2) is 10.8 Å². The highest BCUT2D eigenvalue weighted by Gasteiger charge is 2.33. The van der Waals surface area contributed by atoms with Crippen molar-refractivity contribution in [3.8, 4) is 11.8 Å². The normalized spacial score (nSPS) is 18.0. The summed E-state index contributed by atoms with van der Waals surface area (Å²) < 4.78 is 2.93. The molecule has 104 valence electrons. The fourth-order valence-corrected chi connectivity index (χ4v) is 3.48. The lowest BCUT2D eigenvalue weighted by atomic mass is 10.3. The molecule has 0 saturated carbocycles. The van der Waals surface area contributed by atoms with Crippen molar-refractivity contribution in [1.29, 1.82) is 0 Å². The van der Waals surface area contributed by atoms with Gasteiger partial charge in [-0.3, -0.25) is 9.30 Å². The van der Waals surface area contributed by atoms with Gasteiger partial charge in [-0.15, -0.1) is 5.92 Å². The predicted molar refractivity (Wildman–Crippen MR) is 81.5 cm³/mol. The van der Waals surface area contributed by atoms with E-state index in [9.17, 15) is 4.79 Å². The van der Waals surface area contributed by atoms with Gasteiger partial charge in [0.2, 0.25) is 0 Å². The maximum atomic E-state index is 12.0. The molecule has 3 aromatic heterocycles. The van der Waals surface area contributed by atoms with Gasteiger partial charge in [-0.1, -0.05) is 17.3 Å². The fourth-order valence-electron chi connectivity index (χ4n) is 2.47. The Bertz CT molecular complexity index is 916. The molecular weight excluding hydrogens is 286 g/mol. The molecule has 1 aliphatic heterocycles. The van der Waals surface area contributed by atoms with Gasteiger partial charge >= 0.3 is 6.03 Å². The molecule has 0 bridgehead atoms. The molecule has 7 heteroatoms. The number of imidazole rings is 1. The van der Waals surface area contributed by atoms with Crippen LogP contribution in [0.25, 0.3) is 16.0 Å². The Kier molecular flexibility index (Phi) is 2.59. The standard InChI is InChI=1S/C14H11N5OS/c1-2-3-9-8-16-13(20)19(9)14-17-12-10(21-14)4-5-11-15-6-7-18(11)12/h4-7,9H,8H2,1H3,(H,16,20). The number of pyridine rings is 1. The van der Waals surface area contributed by atoms with E-state index in [2.05, 4.69) is 27.1 Å². The molecule has 1 atom stereocenters. The third-order valence-corrected chi connectivity index (χ3v) is 4.41. The molecule has 1 aliphatic rings. The molecule has 1 fully saturated rings. The number of urea groups is 1. The van der Waals surface area contributed by atoms with Crippen LogP contribution in [0.3, 0.4) is 0 Å². The van der Waals surface area contributed by atoms with Gasteiger partial charge in [0.1, 0.15) is 11.7 Å². The monoisotopic (exact) mass is 297 g/mol. The summed E-state index contributed by atoms with van der Waals surface area (Å²) >= 11 is 1.48. The predicted octanol–water partition coefficient (Wildman–Crippen LogP) is 1.87. The van der Waals surface area contributed by atoms with Crippen LogP contribution in [0.15, 0.2) is 24.5 Å². The van der Waals surface area contributed by atoms with Gasteiger partial charge in [0.05, 0.1) is 11.2 Å². The van der Waals surface area contributed by atoms with Crippen molar-refractivity contribution in [1.82, 2.24) is 19.7 Å². The minimum Gasteiger partial charge on any atom is -0.334 e. The van der Waals surface area contributed by atoms with E-state index in [1.165, 1.54) is 11.3 Å². The third-order valence-electron chi connectivity index (χ3n) is 3.40. The van der Waals surface area contributed by atoms with E-state index in [4.69, 9.17) is 0 Å². The Hall–Kier alpha value is -2.59. The third kappa shape index (κ3) is 1.76. The molecule has 3 aromatic rings. The number of amides is 2. The summed E-state index contributed by atoms with van der Waals surface area (Å²) in [6.45, 7) is 2.30. The summed E-state index contributed by atoms with van der Waals surface area (Å²) in [7, 11) is 0. The van der Waals surface area contributed by atoms with E-state index < -0.39 is 0 Å². The average Bonchev–Trinajstić information content (AvgIpc) is 3.15. The van der Waals surface area contributed by atoms with Crippen LogP contribution in [0.4, 0.5) is 9.93 Å². The molecule has 0 aliphatic carbocycles. The zero-order valence-electron chi connectivity index (χ0n) is 11.2. The van der Waals surface area contributed by atoms with Crippen molar-refractivity contribution in [3.05, 3.63) is 24.5 Å². The number of thiazole rings is 1. The first-order valence-electron chi connectivity index (χ1n) is 6.50. The lowest BCUT2D eigenvalue weighted by Crippen LogP contribution is -2.33. The van der Waals surface area contributed by atoms with Crippen LogP contribution >= 0.6 is 11.3 Å². The maximum absolute atomic E-state index is 12.0. The van der Waals surface area contributed by atoms with Gasteiger partial charge in [0.25, 0.3) is 0 Å². The van der Waals surface area contributed by atoms with Crippen molar-refractivity contribution >= 4 is 38.5 Å². The molecular formula is C14H11N5OS. The summed E-state index contributed by atoms with van der Waals surface area (Å²) in [5, 5.41) is 3.47. The minimum absolute atomic E-state index is 0.149. The number of carbonyl (C=O) groups excluding carboxylic acids is 1. The summed E-state index contributed by atoms with van der Waals surface area (Å²) in [6, 6.07) is 3.61. The lowest BCUT2D eigenvalue weighted by Gasteiger charge is -2.14. The zero-order valence-corrected chi connectivity index (χ0v) is 12.0. The van der Waals surface area contributed by atoms with Crippen molar-refractivity contribution in [3.63, 3.8) is 0 Å². The van der Waals surface area contributed by atoms with Crippen molar-refractivity contribution < 1.29 is 4.79 Å². The van der Waals surface area contributed by atoms with Crippen LogP contribution in [-0.2, 0) is 0 Å². The molecule has 1 N–H and O–H groups in total. The van der Waals surface area contributed by atoms with E-state index in [-0.39, 0.29) is 12.1 Å². The summed E-state index contributed by atoms with van der Waals surface area (Å²) in [5.74, 6) is 5.91. The lowest BCUT2D eigenvalue weighted by molar-refractivity contribution is 0.252. The number of hydrogen-bond acceptors (Lipinski definition) is 4. The van der Waals surface area contributed by atoms with E-state index >= 15 is 0 Å². The number of nitrogens with one attached hydrogen (secondary N) is 1. The van der Waals surface area contributed by atoms with E-state index in [0.29, 0.717) is 11.7 Å². The summed E-state index contributed by atoms with van der Waals surface area (Å²) in [4.78, 5) is 22.5. The molecule has 4 rings (SSSR count). The van der Waals surface area contributed by atoms with E-state index in [1.54, 1.807) is 18.0 Å². The largest absolute Gasteiger partial charge is 0.334 e. The van der Waals surface area contributed by atoms with Crippen molar-refractivity contribution in [2.45, 2.75) is 13.0 Å². The smallest absolute Gasteiger partial charge is 0.324 e. The number of aromatic nitrogens is 3. The molecule has 1 unspecified atom stereocenters. The van der Waals surface area contributed by atoms with E-state index in [1.807, 2.05) is 22.7 Å². The van der Waals surface area contributed by atoms with Gasteiger partial charge in [0, 0.05) is 12.4 Å². The van der Waals surface area contributed by atoms with Gasteiger partial charge in [-0.25, -0.2) is 14.8 Å². The number of hydrogen-bond donors (Lipinski definition) is 1. The van der Waals surface area contributed by atoms with Crippen LogP contribution in [0.5, 0.6) is 0 Å². The molecule has 21 heavy (non-hydrogen) atoms. The molecule has 0 aromatic carbocycles. The highest BCUT2D eigenvalue weighted by molar-refractivity contribution is 7.22. The second kappa shape index (κ2) is 4.46. The first kappa shape index (κ1) is 12.2. The van der Waals surface area contributed by atoms with Crippen LogP contribution in [0.1, 0.15) is 6.92 Å². The van der Waals surface area contributed by atoms with Crippen molar-refractivity contribution in [2.24, 2.45) is 0 Å². The number of rotatable bonds is 1. The second-order valence-corrected chi connectivity index (χ2v) is 5.65. The first-order chi connectivity index (χ1) is 10.3. The van der Waals surface area contributed by atoms with Crippen LogP contribution in [0.2, 0.25) is 0 Å². The van der Waals surface area contributed by atoms with Gasteiger partial charge in [-0.05, 0) is 19.1 Å². The Morgan fingerprint density at radius 3 is 3.24 bits per heavy atom. The highest BCUT2D eigenvalue weighted by atomic mass is 32.1. The van der Waals surface area contributed by atoms with Gasteiger partial charge < -0.3 is 5.32 Å². The zero-order chi connectivity index (χ0) is 14.4. The van der Waals surface area contributed by atoms with Crippen LogP contribution < -0.4 is 10.2 Å². The number of anilines is 1. The Balaban J connectivity index is 1.89. The summed E-state index contributed by atoms with van der Waals surface area (Å²) in [6.07, 6.45) is 3.61. The quantitative estimate of drug-likeness (QED) is 0.697. The van der Waals surface area contributed by atoms with Crippen LogP contribution in [0, 0.1) is 11.8 Å². The molecule has 4 heterocycles.